The van der Waals surface area contributed by atoms with Crippen molar-refractivity contribution in [2.45, 2.75) is 6.92 Å². The maximum Gasteiger partial charge on any atom is 0.260 e. The van der Waals surface area contributed by atoms with E-state index in [0.717, 1.165) is 31.9 Å². The molecular formula is C26H27F2N7O2. The number of nitrogens with one attached hydrogen (secondary N) is 3. The minimum atomic E-state index is -0.584. The Bertz CT molecular complexity index is 1470. The largest absolute Gasteiger partial charge is 0.435 e. The Morgan fingerprint density at radius 2 is 1.86 bits per heavy atom. The summed E-state index contributed by atoms with van der Waals surface area (Å²) in [6.07, 6.45) is 1.19. The van der Waals surface area contributed by atoms with E-state index in [0.29, 0.717) is 22.3 Å². The molecule has 2 aromatic carbocycles. The number of hydrogen-bond donors (Lipinski definition) is 3. The summed E-state index contributed by atoms with van der Waals surface area (Å²) in [6.45, 7) is 5.01. The first kappa shape index (κ1) is 24.4. The third-order valence-corrected chi connectivity index (χ3v) is 6.36. The summed E-state index contributed by atoms with van der Waals surface area (Å²) in [5.74, 6) is -1.67. The standard InChI is InChI=1S/C26H27F2N7O2/c1-15-12-17-19(32-15)5-7-21(23(17)28)37-26-22(25(36)29-2)24(30-14-31-26)33-16-4-6-20(18(27)13-16)35-10-8-34(3)9-11-35/h4-7,12-14,32H,8-11H2,1-3H3,(H,29,36)(H,30,31,33). The highest BCUT2D eigenvalue weighted by molar-refractivity contribution is 6.01. The molecule has 1 aliphatic rings. The van der Waals surface area contributed by atoms with E-state index in [9.17, 15) is 4.79 Å². The first-order valence-corrected chi connectivity index (χ1v) is 11.9. The summed E-state index contributed by atoms with van der Waals surface area (Å²) in [6, 6.07) is 9.59. The molecule has 2 aromatic heterocycles. The van der Waals surface area contributed by atoms with Crippen LogP contribution in [0.2, 0.25) is 0 Å². The molecule has 1 fully saturated rings. The first-order chi connectivity index (χ1) is 17.8. The Morgan fingerprint density at radius 3 is 2.59 bits per heavy atom. The Hall–Kier alpha value is -4.25. The Balaban J connectivity index is 1.45. The van der Waals surface area contributed by atoms with Gasteiger partial charge >= 0.3 is 0 Å². The average Bonchev–Trinajstić information content (AvgIpc) is 3.27. The number of anilines is 3. The van der Waals surface area contributed by atoms with Gasteiger partial charge in [0.15, 0.2) is 17.4 Å². The molecule has 0 bridgehead atoms. The lowest BCUT2D eigenvalue weighted by Gasteiger charge is -2.34. The third-order valence-electron chi connectivity index (χ3n) is 6.36. The first-order valence-electron chi connectivity index (χ1n) is 11.9. The van der Waals surface area contributed by atoms with E-state index in [1.807, 2.05) is 18.9 Å². The summed E-state index contributed by atoms with van der Waals surface area (Å²) in [7, 11) is 3.49. The average molecular weight is 508 g/mol. The van der Waals surface area contributed by atoms with E-state index in [1.54, 1.807) is 24.3 Å². The number of aryl methyl sites for hydroxylation is 1. The molecule has 1 saturated heterocycles. The molecule has 9 nitrogen and oxygen atoms in total. The van der Waals surface area contributed by atoms with E-state index in [4.69, 9.17) is 4.74 Å². The maximum absolute atomic E-state index is 15.1. The minimum Gasteiger partial charge on any atom is -0.435 e. The Labute approximate surface area is 212 Å². The predicted octanol–water partition coefficient (Wildman–Crippen LogP) is 4.19. The Kier molecular flexibility index (Phi) is 6.62. The molecule has 0 spiro atoms. The number of carbonyl (C=O) groups excluding carboxylic acids is 1. The number of piperazine rings is 1. The minimum absolute atomic E-state index is 0.0432. The van der Waals surface area contributed by atoms with Gasteiger partial charge < -0.3 is 30.2 Å². The molecule has 0 radical (unpaired) electrons. The van der Waals surface area contributed by atoms with Crippen molar-refractivity contribution < 1.29 is 18.3 Å². The molecule has 0 unspecified atom stereocenters. The smallest absolute Gasteiger partial charge is 0.260 e. The van der Waals surface area contributed by atoms with Crippen LogP contribution in [0.3, 0.4) is 0 Å². The lowest BCUT2D eigenvalue weighted by atomic mass is 10.2. The van der Waals surface area contributed by atoms with Crippen molar-refractivity contribution in [1.82, 2.24) is 25.2 Å². The van der Waals surface area contributed by atoms with Crippen LogP contribution >= 0.6 is 0 Å². The molecule has 0 aliphatic carbocycles. The lowest BCUT2D eigenvalue weighted by molar-refractivity contribution is 0.0960. The highest BCUT2D eigenvalue weighted by atomic mass is 19.1. The number of ether oxygens (including phenoxy) is 1. The van der Waals surface area contributed by atoms with Gasteiger partial charge in [0.2, 0.25) is 5.88 Å². The summed E-state index contributed by atoms with van der Waals surface area (Å²) >= 11 is 0. The van der Waals surface area contributed by atoms with Crippen LogP contribution < -0.4 is 20.3 Å². The normalized spacial score (nSPS) is 14.1. The van der Waals surface area contributed by atoms with E-state index < -0.39 is 17.5 Å². The molecule has 4 aromatic rings. The van der Waals surface area contributed by atoms with Crippen molar-refractivity contribution in [3.63, 3.8) is 0 Å². The van der Waals surface area contributed by atoms with Crippen molar-refractivity contribution in [3.05, 3.63) is 65.6 Å². The zero-order valence-corrected chi connectivity index (χ0v) is 20.7. The molecular weight excluding hydrogens is 480 g/mol. The predicted molar refractivity (Wildman–Crippen MR) is 138 cm³/mol. The van der Waals surface area contributed by atoms with Crippen molar-refractivity contribution >= 4 is 34.0 Å². The second-order valence-corrected chi connectivity index (χ2v) is 8.96. The van der Waals surface area contributed by atoms with Crippen LogP contribution in [-0.2, 0) is 0 Å². The van der Waals surface area contributed by atoms with Gasteiger partial charge in [0.1, 0.15) is 17.7 Å². The van der Waals surface area contributed by atoms with E-state index in [-0.39, 0.29) is 23.0 Å². The van der Waals surface area contributed by atoms with Gasteiger partial charge in [-0.1, -0.05) is 0 Å². The van der Waals surface area contributed by atoms with Gasteiger partial charge in [0.25, 0.3) is 5.91 Å². The number of fused-ring (bicyclic) bond motifs is 1. The quantitative estimate of drug-likeness (QED) is 0.360. The van der Waals surface area contributed by atoms with Gasteiger partial charge in [-0.25, -0.2) is 18.7 Å². The van der Waals surface area contributed by atoms with Crippen LogP contribution in [-0.4, -0.2) is 66.0 Å². The highest BCUT2D eigenvalue weighted by Crippen LogP contribution is 2.34. The number of aromatic amines is 1. The Morgan fingerprint density at radius 1 is 1.08 bits per heavy atom. The van der Waals surface area contributed by atoms with Crippen LogP contribution in [0.15, 0.2) is 42.7 Å². The number of carbonyl (C=O) groups is 1. The van der Waals surface area contributed by atoms with Crippen LogP contribution in [0.25, 0.3) is 10.9 Å². The molecule has 11 heteroatoms. The summed E-state index contributed by atoms with van der Waals surface area (Å²) in [5, 5.41) is 5.87. The van der Waals surface area contributed by atoms with E-state index in [2.05, 4.69) is 30.5 Å². The van der Waals surface area contributed by atoms with Crippen molar-refractivity contribution in [2.75, 3.05) is 50.5 Å². The van der Waals surface area contributed by atoms with E-state index >= 15 is 8.78 Å². The van der Waals surface area contributed by atoms with Gasteiger partial charge in [-0.15, -0.1) is 0 Å². The molecule has 1 aliphatic heterocycles. The second-order valence-electron chi connectivity index (χ2n) is 8.96. The fraction of sp³-hybridized carbons (Fsp3) is 0.269. The molecule has 3 heterocycles. The van der Waals surface area contributed by atoms with Gasteiger partial charge in [-0.3, -0.25) is 4.79 Å². The number of rotatable bonds is 6. The number of likely N-dealkylation sites (N-methyl/N-ethyl adjacent to an activating group) is 1. The number of benzene rings is 2. The van der Waals surface area contributed by atoms with Crippen LogP contribution in [0.1, 0.15) is 16.1 Å². The second kappa shape index (κ2) is 10.0. The van der Waals surface area contributed by atoms with Gasteiger partial charge in [-0.2, -0.15) is 0 Å². The van der Waals surface area contributed by atoms with Crippen molar-refractivity contribution in [1.29, 1.82) is 0 Å². The van der Waals surface area contributed by atoms with Crippen molar-refractivity contribution in [3.8, 4) is 11.6 Å². The fourth-order valence-corrected chi connectivity index (χ4v) is 4.37. The molecule has 37 heavy (non-hydrogen) atoms. The summed E-state index contributed by atoms with van der Waals surface area (Å²) in [4.78, 5) is 28.3. The number of hydrogen-bond acceptors (Lipinski definition) is 7. The molecule has 1 amide bonds. The van der Waals surface area contributed by atoms with Gasteiger partial charge in [0, 0.05) is 55.5 Å². The molecule has 0 saturated carbocycles. The molecule has 0 atom stereocenters. The highest BCUT2D eigenvalue weighted by Gasteiger charge is 2.23. The summed E-state index contributed by atoms with van der Waals surface area (Å²) in [5.41, 5.74) is 2.29. The number of amides is 1. The molecule has 3 N–H and O–H groups in total. The number of aromatic nitrogens is 3. The molecule has 192 valence electrons. The number of halogens is 2. The fourth-order valence-electron chi connectivity index (χ4n) is 4.37. The van der Waals surface area contributed by atoms with Crippen LogP contribution in [0.4, 0.5) is 26.0 Å². The topological polar surface area (TPSA) is 98.4 Å². The van der Waals surface area contributed by atoms with E-state index in [1.165, 1.54) is 25.5 Å². The monoisotopic (exact) mass is 507 g/mol. The zero-order chi connectivity index (χ0) is 26.1. The van der Waals surface area contributed by atoms with Gasteiger partial charge in [0.05, 0.1) is 5.69 Å². The van der Waals surface area contributed by atoms with Crippen molar-refractivity contribution in [2.24, 2.45) is 0 Å². The molecule has 5 rings (SSSR count). The van der Waals surface area contributed by atoms with Gasteiger partial charge in [-0.05, 0) is 50.4 Å². The summed E-state index contributed by atoms with van der Waals surface area (Å²) < 4.78 is 35.9. The van der Waals surface area contributed by atoms with Crippen LogP contribution in [0.5, 0.6) is 11.6 Å². The zero-order valence-electron chi connectivity index (χ0n) is 20.7. The SMILES string of the molecule is CNC(=O)c1c(Nc2ccc(N3CCN(C)CC3)c(F)c2)ncnc1Oc1ccc2[nH]c(C)cc2c1F. The van der Waals surface area contributed by atoms with Crippen LogP contribution in [0, 0.1) is 18.6 Å². The lowest BCUT2D eigenvalue weighted by Crippen LogP contribution is -2.44. The maximum atomic E-state index is 15.1. The number of H-pyrrole nitrogens is 1. The number of nitrogens with zero attached hydrogens (tertiary/aromatic N) is 4. The third kappa shape index (κ3) is 4.90.